The summed E-state index contributed by atoms with van der Waals surface area (Å²) in [5.41, 5.74) is -0.677. The van der Waals surface area contributed by atoms with Crippen LogP contribution in [0.2, 0.25) is 0 Å². The highest BCUT2D eigenvalue weighted by atomic mass is 16.6. The summed E-state index contributed by atoms with van der Waals surface area (Å²) in [6, 6.07) is 2.08. The molecule has 0 aliphatic carbocycles. The van der Waals surface area contributed by atoms with E-state index in [2.05, 4.69) is 0 Å². The number of aromatic carboxylic acids is 1. The maximum atomic E-state index is 10.7. The summed E-state index contributed by atoms with van der Waals surface area (Å²) >= 11 is 0. The Morgan fingerprint density at radius 1 is 1.38 bits per heavy atom. The fourth-order valence-corrected chi connectivity index (χ4v) is 1.20. The van der Waals surface area contributed by atoms with Gasteiger partial charge >= 0.3 is 11.7 Å². The molecule has 86 valence electrons. The van der Waals surface area contributed by atoms with Gasteiger partial charge in [0.2, 0.25) is 5.75 Å². The van der Waals surface area contributed by atoms with Gasteiger partial charge in [-0.1, -0.05) is 0 Å². The normalized spacial score (nSPS) is 9.62. The van der Waals surface area contributed by atoms with Crippen molar-refractivity contribution >= 4 is 11.7 Å². The van der Waals surface area contributed by atoms with Gasteiger partial charge in [0.15, 0.2) is 5.75 Å². The fourth-order valence-electron chi connectivity index (χ4n) is 1.20. The minimum atomic E-state index is -1.27. The van der Waals surface area contributed by atoms with E-state index in [9.17, 15) is 14.9 Å². The highest BCUT2D eigenvalue weighted by Gasteiger charge is 2.23. The van der Waals surface area contributed by atoms with E-state index in [1.54, 1.807) is 0 Å². The van der Waals surface area contributed by atoms with Crippen molar-refractivity contribution in [3.63, 3.8) is 0 Å². The summed E-state index contributed by atoms with van der Waals surface area (Å²) in [4.78, 5) is 20.7. The molecule has 1 N–H and O–H groups in total. The van der Waals surface area contributed by atoms with E-state index in [1.807, 2.05) is 0 Å². The number of benzene rings is 1. The summed E-state index contributed by atoms with van der Waals surface area (Å²) < 4.78 is 9.63. The molecule has 0 amide bonds. The number of nitro benzene ring substituents is 1. The number of nitro groups is 1. The Morgan fingerprint density at radius 3 is 2.38 bits per heavy atom. The first-order valence-corrected chi connectivity index (χ1v) is 4.15. The summed E-state index contributed by atoms with van der Waals surface area (Å²) in [6.07, 6.45) is 0. The second kappa shape index (κ2) is 4.47. The number of carbonyl (C=O) groups is 1. The van der Waals surface area contributed by atoms with Gasteiger partial charge in [-0.25, -0.2) is 4.79 Å². The minimum absolute atomic E-state index is 0.00843. The number of ether oxygens (including phenoxy) is 2. The molecule has 0 saturated carbocycles. The standard InChI is InChI=1S/C9H9NO6/c1-15-7-4-5(9(11)12)3-6(10(13)14)8(7)16-2/h3-4H,1-2H3,(H,11,12). The lowest BCUT2D eigenvalue weighted by Crippen LogP contribution is -2.02. The van der Waals surface area contributed by atoms with Crippen LogP contribution < -0.4 is 9.47 Å². The molecule has 0 fully saturated rings. The Kier molecular flexibility index (Phi) is 3.29. The quantitative estimate of drug-likeness (QED) is 0.614. The molecule has 0 atom stereocenters. The van der Waals surface area contributed by atoms with Crippen molar-refractivity contribution in [3.8, 4) is 11.5 Å². The van der Waals surface area contributed by atoms with Gasteiger partial charge in [0, 0.05) is 6.07 Å². The Morgan fingerprint density at radius 2 is 2.00 bits per heavy atom. The SMILES string of the molecule is COc1cc(C(=O)O)cc([N+](=O)[O-])c1OC. The van der Waals surface area contributed by atoms with Crippen LogP contribution in [-0.2, 0) is 0 Å². The van der Waals surface area contributed by atoms with Crippen LogP contribution in [0.25, 0.3) is 0 Å². The number of nitrogens with zero attached hydrogens (tertiary/aromatic N) is 1. The second-order valence-electron chi connectivity index (χ2n) is 2.79. The van der Waals surface area contributed by atoms with E-state index >= 15 is 0 Å². The smallest absolute Gasteiger partial charge is 0.336 e. The van der Waals surface area contributed by atoms with Crippen molar-refractivity contribution in [2.75, 3.05) is 14.2 Å². The summed E-state index contributed by atoms with van der Waals surface area (Å²) in [6.45, 7) is 0. The molecule has 0 radical (unpaired) electrons. The Bertz CT molecular complexity index is 442. The van der Waals surface area contributed by atoms with Gasteiger partial charge < -0.3 is 14.6 Å². The van der Waals surface area contributed by atoms with Crippen LogP contribution >= 0.6 is 0 Å². The third-order valence-electron chi connectivity index (χ3n) is 1.90. The molecule has 1 aromatic rings. The average Bonchev–Trinajstić information content (AvgIpc) is 2.26. The fraction of sp³-hybridized carbons (Fsp3) is 0.222. The van der Waals surface area contributed by atoms with Gasteiger partial charge in [-0.15, -0.1) is 0 Å². The molecule has 7 heteroatoms. The Labute approximate surface area is 90.4 Å². The number of methoxy groups -OCH3 is 2. The molecular weight excluding hydrogens is 218 g/mol. The van der Waals surface area contributed by atoms with Gasteiger partial charge in [-0.3, -0.25) is 10.1 Å². The van der Waals surface area contributed by atoms with E-state index in [-0.39, 0.29) is 17.1 Å². The first kappa shape index (κ1) is 11.8. The number of hydrogen-bond donors (Lipinski definition) is 1. The first-order chi connectivity index (χ1) is 7.51. The van der Waals surface area contributed by atoms with Crippen molar-refractivity contribution in [1.82, 2.24) is 0 Å². The molecular formula is C9H9NO6. The lowest BCUT2D eigenvalue weighted by molar-refractivity contribution is -0.385. The van der Waals surface area contributed by atoms with Gasteiger partial charge in [-0.05, 0) is 6.07 Å². The average molecular weight is 227 g/mol. The minimum Gasteiger partial charge on any atom is -0.493 e. The van der Waals surface area contributed by atoms with Gasteiger partial charge in [-0.2, -0.15) is 0 Å². The predicted octanol–water partition coefficient (Wildman–Crippen LogP) is 1.31. The summed E-state index contributed by atoms with van der Waals surface area (Å²) in [5.74, 6) is -1.37. The van der Waals surface area contributed by atoms with Crippen LogP contribution in [0.4, 0.5) is 5.69 Å². The van der Waals surface area contributed by atoms with Gasteiger partial charge in [0.25, 0.3) is 0 Å². The zero-order valence-electron chi connectivity index (χ0n) is 8.59. The zero-order chi connectivity index (χ0) is 12.3. The highest BCUT2D eigenvalue weighted by molar-refractivity contribution is 5.90. The van der Waals surface area contributed by atoms with E-state index in [0.717, 1.165) is 12.1 Å². The number of carboxylic acid groups (broad SMARTS) is 1. The molecule has 0 aliphatic rings. The maximum absolute atomic E-state index is 10.7. The van der Waals surface area contributed by atoms with Crippen LogP contribution in [0.1, 0.15) is 10.4 Å². The highest BCUT2D eigenvalue weighted by Crippen LogP contribution is 2.37. The van der Waals surface area contributed by atoms with E-state index in [0.29, 0.717) is 0 Å². The zero-order valence-corrected chi connectivity index (χ0v) is 8.59. The predicted molar refractivity (Wildman–Crippen MR) is 53.2 cm³/mol. The lowest BCUT2D eigenvalue weighted by atomic mass is 10.1. The molecule has 0 aromatic heterocycles. The molecule has 1 rings (SSSR count). The van der Waals surface area contributed by atoms with E-state index in [4.69, 9.17) is 14.6 Å². The first-order valence-electron chi connectivity index (χ1n) is 4.15. The van der Waals surface area contributed by atoms with Crippen LogP contribution in [-0.4, -0.2) is 30.2 Å². The number of carboxylic acids is 1. The van der Waals surface area contributed by atoms with Crippen molar-refractivity contribution in [2.24, 2.45) is 0 Å². The topological polar surface area (TPSA) is 98.9 Å². The van der Waals surface area contributed by atoms with E-state index in [1.165, 1.54) is 14.2 Å². The van der Waals surface area contributed by atoms with Crippen LogP contribution in [0.5, 0.6) is 11.5 Å². The van der Waals surface area contributed by atoms with Gasteiger partial charge in [0.05, 0.1) is 24.7 Å². The molecule has 0 unspecified atom stereocenters. The van der Waals surface area contributed by atoms with Crippen LogP contribution in [0, 0.1) is 10.1 Å². The van der Waals surface area contributed by atoms with Crippen molar-refractivity contribution in [1.29, 1.82) is 0 Å². The molecule has 0 spiro atoms. The molecule has 0 aliphatic heterocycles. The van der Waals surface area contributed by atoms with Crippen molar-refractivity contribution in [2.45, 2.75) is 0 Å². The molecule has 16 heavy (non-hydrogen) atoms. The monoisotopic (exact) mass is 227 g/mol. The van der Waals surface area contributed by atoms with Gasteiger partial charge in [0.1, 0.15) is 0 Å². The Hall–Kier alpha value is -2.31. The Balaban J connectivity index is 3.49. The number of hydrogen-bond acceptors (Lipinski definition) is 5. The summed E-state index contributed by atoms with van der Waals surface area (Å²) in [7, 11) is 2.51. The third-order valence-corrected chi connectivity index (χ3v) is 1.90. The molecule has 0 heterocycles. The molecule has 0 bridgehead atoms. The van der Waals surface area contributed by atoms with Crippen molar-refractivity contribution in [3.05, 3.63) is 27.8 Å². The second-order valence-corrected chi connectivity index (χ2v) is 2.79. The van der Waals surface area contributed by atoms with Crippen LogP contribution in [0.3, 0.4) is 0 Å². The largest absolute Gasteiger partial charge is 0.493 e. The molecule has 1 aromatic carbocycles. The maximum Gasteiger partial charge on any atom is 0.336 e. The van der Waals surface area contributed by atoms with Crippen LogP contribution in [0.15, 0.2) is 12.1 Å². The molecule has 7 nitrogen and oxygen atoms in total. The number of rotatable bonds is 4. The third kappa shape index (κ3) is 2.02. The summed E-state index contributed by atoms with van der Waals surface area (Å²) in [5, 5.41) is 19.5. The molecule has 0 saturated heterocycles. The van der Waals surface area contributed by atoms with Crippen molar-refractivity contribution < 1.29 is 24.3 Å². The lowest BCUT2D eigenvalue weighted by Gasteiger charge is -2.08. The van der Waals surface area contributed by atoms with E-state index < -0.39 is 16.6 Å².